The molecule has 6 nitrogen and oxygen atoms in total. The van der Waals surface area contributed by atoms with Gasteiger partial charge in [0.05, 0.1) is 6.42 Å². The van der Waals surface area contributed by atoms with Crippen molar-refractivity contribution < 1.29 is 4.79 Å². The van der Waals surface area contributed by atoms with E-state index in [0.29, 0.717) is 6.42 Å². The van der Waals surface area contributed by atoms with Crippen LogP contribution in [0.3, 0.4) is 0 Å². The van der Waals surface area contributed by atoms with Gasteiger partial charge in [0.25, 0.3) is 0 Å². The van der Waals surface area contributed by atoms with Crippen molar-refractivity contribution in [1.29, 1.82) is 0 Å². The van der Waals surface area contributed by atoms with Crippen molar-refractivity contribution in [1.82, 2.24) is 15.3 Å². The lowest BCUT2D eigenvalue weighted by Crippen LogP contribution is -2.30. The van der Waals surface area contributed by atoms with Crippen LogP contribution in [0.25, 0.3) is 0 Å². The number of hydrogen-bond donors (Lipinski definition) is 1. The standard InChI is InChI=1S/C12H17N5O/c1-16-10(18)7-9-8-14-12(15-11(9)16)17-5-2-3-13-4-6-17/h8,13H,2-7H2,1H3. The second kappa shape index (κ2) is 4.53. The number of nitrogens with zero attached hydrogens (tertiary/aromatic N) is 4. The summed E-state index contributed by atoms with van der Waals surface area (Å²) in [5, 5.41) is 3.35. The topological polar surface area (TPSA) is 61.4 Å². The van der Waals surface area contributed by atoms with Crippen LogP contribution in [0, 0.1) is 0 Å². The molecule has 1 aromatic rings. The highest BCUT2D eigenvalue weighted by Crippen LogP contribution is 2.26. The summed E-state index contributed by atoms with van der Waals surface area (Å²) in [6.45, 7) is 3.87. The van der Waals surface area contributed by atoms with Crippen molar-refractivity contribution in [3.63, 3.8) is 0 Å². The molecule has 1 amide bonds. The molecule has 1 fully saturated rings. The third kappa shape index (κ3) is 1.92. The lowest BCUT2D eigenvalue weighted by atomic mass is 10.3. The van der Waals surface area contributed by atoms with Gasteiger partial charge in [-0.15, -0.1) is 0 Å². The smallest absolute Gasteiger partial charge is 0.232 e. The third-order valence-corrected chi connectivity index (χ3v) is 3.49. The van der Waals surface area contributed by atoms with E-state index >= 15 is 0 Å². The molecule has 0 aromatic carbocycles. The summed E-state index contributed by atoms with van der Waals surface area (Å²) in [6, 6.07) is 0. The number of fused-ring (bicyclic) bond motifs is 1. The highest BCUT2D eigenvalue weighted by molar-refractivity contribution is 5.99. The molecule has 0 radical (unpaired) electrons. The number of rotatable bonds is 1. The number of carbonyl (C=O) groups is 1. The zero-order valence-electron chi connectivity index (χ0n) is 10.5. The quantitative estimate of drug-likeness (QED) is 0.744. The number of likely N-dealkylation sites (N-methyl/N-ethyl adjacent to an activating group) is 1. The molecule has 2 aliphatic heterocycles. The van der Waals surface area contributed by atoms with Crippen molar-refractivity contribution in [2.75, 3.05) is 43.0 Å². The van der Waals surface area contributed by atoms with Gasteiger partial charge < -0.3 is 10.2 Å². The minimum Gasteiger partial charge on any atom is -0.339 e. The number of nitrogens with one attached hydrogen (secondary N) is 1. The van der Waals surface area contributed by atoms with Crippen molar-refractivity contribution in [3.8, 4) is 0 Å². The van der Waals surface area contributed by atoms with Gasteiger partial charge in [0.15, 0.2) is 0 Å². The Morgan fingerprint density at radius 3 is 3.11 bits per heavy atom. The maximum Gasteiger partial charge on any atom is 0.232 e. The fourth-order valence-electron chi connectivity index (χ4n) is 2.40. The maximum atomic E-state index is 11.6. The van der Waals surface area contributed by atoms with Crippen molar-refractivity contribution in [3.05, 3.63) is 11.8 Å². The zero-order chi connectivity index (χ0) is 12.5. The predicted molar refractivity (Wildman–Crippen MR) is 68.8 cm³/mol. The van der Waals surface area contributed by atoms with E-state index in [1.54, 1.807) is 18.1 Å². The Labute approximate surface area is 106 Å². The Bertz CT molecular complexity index is 468. The van der Waals surface area contributed by atoms with Gasteiger partial charge in [0.1, 0.15) is 5.82 Å². The molecule has 0 bridgehead atoms. The van der Waals surface area contributed by atoms with Gasteiger partial charge in [-0.25, -0.2) is 4.98 Å². The van der Waals surface area contributed by atoms with E-state index in [0.717, 1.165) is 49.9 Å². The van der Waals surface area contributed by atoms with E-state index in [4.69, 9.17) is 0 Å². The molecule has 3 rings (SSSR count). The SMILES string of the molecule is CN1C(=O)Cc2cnc(N3CCCNCC3)nc21. The summed E-state index contributed by atoms with van der Waals surface area (Å²) in [7, 11) is 1.77. The molecule has 0 aliphatic carbocycles. The van der Waals surface area contributed by atoms with Gasteiger partial charge in [-0.1, -0.05) is 0 Å². The molecule has 0 unspecified atom stereocenters. The number of anilines is 2. The first-order valence-corrected chi connectivity index (χ1v) is 6.34. The fourth-order valence-corrected chi connectivity index (χ4v) is 2.40. The second-order valence-corrected chi connectivity index (χ2v) is 4.74. The van der Waals surface area contributed by atoms with Crippen LogP contribution in [0.15, 0.2) is 6.20 Å². The van der Waals surface area contributed by atoms with E-state index in [9.17, 15) is 4.79 Å². The Kier molecular flexibility index (Phi) is 2.87. The molecule has 1 aromatic heterocycles. The number of amides is 1. The molecule has 96 valence electrons. The van der Waals surface area contributed by atoms with E-state index in [-0.39, 0.29) is 5.91 Å². The molecule has 1 saturated heterocycles. The first-order chi connectivity index (χ1) is 8.75. The normalized spacial score (nSPS) is 19.9. The molecule has 18 heavy (non-hydrogen) atoms. The van der Waals surface area contributed by atoms with Crippen LogP contribution in [0.1, 0.15) is 12.0 Å². The van der Waals surface area contributed by atoms with Gasteiger partial charge in [0.2, 0.25) is 11.9 Å². The Morgan fingerprint density at radius 2 is 2.22 bits per heavy atom. The Morgan fingerprint density at radius 1 is 1.33 bits per heavy atom. The minimum absolute atomic E-state index is 0.0917. The van der Waals surface area contributed by atoms with Crippen LogP contribution >= 0.6 is 0 Å². The average molecular weight is 247 g/mol. The van der Waals surface area contributed by atoms with Gasteiger partial charge >= 0.3 is 0 Å². The van der Waals surface area contributed by atoms with Gasteiger partial charge in [-0.3, -0.25) is 9.69 Å². The van der Waals surface area contributed by atoms with Gasteiger partial charge in [-0.2, -0.15) is 4.98 Å². The molecule has 1 N–H and O–H groups in total. The zero-order valence-corrected chi connectivity index (χ0v) is 10.5. The predicted octanol–water partition coefficient (Wildman–Crippen LogP) is -0.205. The van der Waals surface area contributed by atoms with Crippen molar-refractivity contribution >= 4 is 17.7 Å². The first-order valence-electron chi connectivity index (χ1n) is 6.34. The van der Waals surface area contributed by atoms with Crippen LogP contribution in [-0.2, 0) is 11.2 Å². The molecule has 0 spiro atoms. The van der Waals surface area contributed by atoms with E-state index < -0.39 is 0 Å². The summed E-state index contributed by atoms with van der Waals surface area (Å²) in [5.41, 5.74) is 0.930. The summed E-state index contributed by atoms with van der Waals surface area (Å²) in [4.78, 5) is 24.3. The number of hydrogen-bond acceptors (Lipinski definition) is 5. The molecule has 0 saturated carbocycles. The highest BCUT2D eigenvalue weighted by atomic mass is 16.2. The van der Waals surface area contributed by atoms with Crippen LogP contribution in [-0.4, -0.2) is 49.1 Å². The first kappa shape index (κ1) is 11.4. The molecular formula is C12H17N5O. The van der Waals surface area contributed by atoms with E-state index in [2.05, 4.69) is 20.2 Å². The maximum absolute atomic E-state index is 11.6. The molecule has 0 atom stereocenters. The van der Waals surface area contributed by atoms with Gasteiger partial charge in [-0.05, 0) is 13.0 Å². The third-order valence-electron chi connectivity index (χ3n) is 3.49. The Balaban J connectivity index is 1.88. The lowest BCUT2D eigenvalue weighted by molar-refractivity contribution is -0.117. The molecule has 3 heterocycles. The van der Waals surface area contributed by atoms with E-state index in [1.165, 1.54) is 0 Å². The summed E-state index contributed by atoms with van der Waals surface area (Å²) in [5.74, 6) is 1.59. The fraction of sp³-hybridized carbons (Fsp3) is 0.583. The van der Waals surface area contributed by atoms with Gasteiger partial charge in [0, 0.05) is 38.4 Å². The van der Waals surface area contributed by atoms with Crippen molar-refractivity contribution in [2.45, 2.75) is 12.8 Å². The summed E-state index contributed by atoms with van der Waals surface area (Å²) < 4.78 is 0. The average Bonchev–Trinajstić information content (AvgIpc) is 2.62. The van der Waals surface area contributed by atoms with Crippen LogP contribution in [0.4, 0.5) is 11.8 Å². The van der Waals surface area contributed by atoms with E-state index in [1.807, 2.05) is 0 Å². The largest absolute Gasteiger partial charge is 0.339 e. The molecular weight excluding hydrogens is 230 g/mol. The van der Waals surface area contributed by atoms with Crippen LogP contribution in [0.2, 0.25) is 0 Å². The molecule has 2 aliphatic rings. The minimum atomic E-state index is 0.0917. The summed E-state index contributed by atoms with van der Waals surface area (Å²) in [6.07, 6.45) is 3.31. The monoisotopic (exact) mass is 247 g/mol. The van der Waals surface area contributed by atoms with Crippen molar-refractivity contribution in [2.24, 2.45) is 0 Å². The van der Waals surface area contributed by atoms with Crippen LogP contribution < -0.4 is 15.1 Å². The second-order valence-electron chi connectivity index (χ2n) is 4.74. The molecule has 6 heteroatoms. The summed E-state index contributed by atoms with van der Waals surface area (Å²) >= 11 is 0. The lowest BCUT2D eigenvalue weighted by Gasteiger charge is -2.20. The van der Waals surface area contributed by atoms with Crippen LogP contribution in [0.5, 0.6) is 0 Å². The Hall–Kier alpha value is -1.69. The number of carbonyl (C=O) groups excluding carboxylic acids is 1. The number of aromatic nitrogens is 2. The highest BCUT2D eigenvalue weighted by Gasteiger charge is 2.27.